The average Bonchev–Trinajstić information content (AvgIpc) is 3.45. The van der Waals surface area contributed by atoms with Gasteiger partial charge in [-0.25, -0.2) is 9.59 Å². The third-order valence-corrected chi connectivity index (χ3v) is 20.5. The van der Waals surface area contributed by atoms with E-state index in [4.69, 9.17) is 23.4 Å². The monoisotopic (exact) mass is 1090 g/mol. The summed E-state index contributed by atoms with van der Waals surface area (Å²) >= 11 is 0. The number of benzene rings is 4. The van der Waals surface area contributed by atoms with Crippen LogP contribution in [0, 0.1) is 23.7 Å². The van der Waals surface area contributed by atoms with E-state index in [9.17, 15) is 25.2 Å². The molecule has 3 aliphatic heterocycles. The van der Waals surface area contributed by atoms with Gasteiger partial charge in [-0.1, -0.05) is 111 Å². The normalized spacial score (nSPS) is 30.4. The Morgan fingerprint density at radius 3 is 2.48 bits per heavy atom. The Labute approximate surface area is 469 Å². The summed E-state index contributed by atoms with van der Waals surface area (Å²) in [5.74, 6) is -0.908. The van der Waals surface area contributed by atoms with Crippen molar-refractivity contribution in [2.75, 3.05) is 26.6 Å². The average molecular weight is 1090 g/mol. The number of ether oxygens (including phenoxy) is 4. The molecular weight excluding hydrogens is 1010 g/mol. The van der Waals surface area contributed by atoms with Crippen LogP contribution in [0.3, 0.4) is 0 Å². The van der Waals surface area contributed by atoms with Crippen LogP contribution in [0.5, 0.6) is 5.75 Å². The smallest absolute Gasteiger partial charge is 0.340 e. The highest BCUT2D eigenvalue weighted by molar-refractivity contribution is 5.90. The third kappa shape index (κ3) is 9.78. The van der Waals surface area contributed by atoms with Crippen molar-refractivity contribution >= 4 is 22.9 Å². The molecule has 2 bridgehead atoms. The van der Waals surface area contributed by atoms with E-state index in [2.05, 4.69) is 84.9 Å². The molecule has 4 aromatic carbocycles. The molecule has 12 nitrogen and oxygen atoms in total. The summed E-state index contributed by atoms with van der Waals surface area (Å²) in [4.78, 5) is 45.5. The number of aliphatic hydroxyl groups excluding tert-OH is 4. The van der Waals surface area contributed by atoms with Crippen molar-refractivity contribution in [2.24, 2.45) is 23.7 Å². The Morgan fingerprint density at radius 1 is 0.812 bits per heavy atom. The van der Waals surface area contributed by atoms with E-state index in [1.165, 1.54) is 47.9 Å². The zero-order valence-electron chi connectivity index (χ0n) is 46.3. The molecule has 0 saturated heterocycles. The summed E-state index contributed by atoms with van der Waals surface area (Å²) in [5.41, 5.74) is 7.25. The van der Waals surface area contributed by atoms with Crippen molar-refractivity contribution in [3.8, 4) is 5.75 Å². The maximum Gasteiger partial charge on any atom is 0.340 e. The van der Waals surface area contributed by atoms with Crippen LogP contribution in [-0.4, -0.2) is 70.7 Å². The largest absolute Gasteiger partial charge is 0.482 e. The van der Waals surface area contributed by atoms with Gasteiger partial charge in [0.15, 0.2) is 17.8 Å². The molecule has 3 saturated carbocycles. The number of hydrogen-bond acceptors (Lipinski definition) is 12. The second-order valence-corrected chi connectivity index (χ2v) is 24.5. The summed E-state index contributed by atoms with van der Waals surface area (Å²) in [6, 6.07) is 30.7. The molecule has 1 spiro atoms. The van der Waals surface area contributed by atoms with Crippen LogP contribution in [0.2, 0.25) is 0 Å². The minimum Gasteiger partial charge on any atom is -0.482 e. The molecule has 0 radical (unpaired) electrons. The SMILES string of the molecule is CC(CO)=C1CCc2ccc(cc2)C2CCC(c3cccc(C45CCCCC4CCc4ccccc45)c3)CC2CC(=O)OC2c3c(ccc4c(CO)c(C(CCO)COCO)c(=O)oc34)OC3(CC=CC4CCCCC43)C2OC1=O. The molecule has 11 atom stereocenters. The number of esters is 2. The van der Waals surface area contributed by atoms with Gasteiger partial charge in [-0.2, -0.15) is 0 Å². The Bertz CT molecular complexity index is 3230. The Hall–Kier alpha value is -5.89. The fourth-order valence-corrected chi connectivity index (χ4v) is 16.6. The minimum atomic E-state index is -1.34. The number of hydrogen-bond donors (Lipinski definition) is 4. The lowest BCUT2D eigenvalue weighted by Crippen LogP contribution is -2.62. The molecule has 13 rings (SSSR count). The second-order valence-electron chi connectivity index (χ2n) is 24.5. The van der Waals surface area contributed by atoms with Crippen LogP contribution in [0.25, 0.3) is 11.0 Å². The van der Waals surface area contributed by atoms with Gasteiger partial charge in [0.05, 0.1) is 25.4 Å². The first-order chi connectivity index (χ1) is 39.1. The van der Waals surface area contributed by atoms with Crippen molar-refractivity contribution in [3.05, 3.63) is 169 Å². The highest BCUT2D eigenvalue weighted by Crippen LogP contribution is 2.58. The Kier molecular flexibility index (Phi) is 15.8. The predicted molar refractivity (Wildman–Crippen MR) is 303 cm³/mol. The summed E-state index contributed by atoms with van der Waals surface area (Å²) in [7, 11) is 0. The molecule has 80 heavy (non-hydrogen) atoms. The number of rotatable bonds is 10. The van der Waals surface area contributed by atoms with Gasteiger partial charge >= 0.3 is 17.6 Å². The maximum atomic E-state index is 15.7. The molecule has 4 heterocycles. The van der Waals surface area contributed by atoms with Crippen LogP contribution < -0.4 is 10.4 Å². The molecule has 8 aliphatic rings. The lowest BCUT2D eigenvalue weighted by molar-refractivity contribution is -0.208. The molecule has 5 aliphatic carbocycles. The van der Waals surface area contributed by atoms with E-state index < -0.39 is 54.7 Å². The van der Waals surface area contributed by atoms with Gasteiger partial charge in [-0.15, -0.1) is 0 Å². The summed E-state index contributed by atoms with van der Waals surface area (Å²) in [6.45, 7) is -0.250. The van der Waals surface area contributed by atoms with Gasteiger partial charge in [0.1, 0.15) is 18.1 Å². The molecule has 3 fully saturated rings. The van der Waals surface area contributed by atoms with Crippen LogP contribution in [-0.2, 0) is 48.7 Å². The topological polar surface area (TPSA) is 182 Å². The van der Waals surface area contributed by atoms with E-state index in [1.807, 2.05) is 0 Å². The summed E-state index contributed by atoms with van der Waals surface area (Å²) in [6.07, 6.45) is 16.5. The molecule has 11 unspecified atom stereocenters. The summed E-state index contributed by atoms with van der Waals surface area (Å²) < 4.78 is 33.2. The fraction of sp³-hybridized carbons (Fsp3) is 0.515. The van der Waals surface area contributed by atoms with Crippen LogP contribution >= 0.6 is 0 Å². The maximum absolute atomic E-state index is 15.7. The number of carbonyl (C=O) groups is 2. The first-order valence-electron chi connectivity index (χ1n) is 29.9. The molecule has 12 heteroatoms. The van der Waals surface area contributed by atoms with Crippen molar-refractivity contribution in [3.63, 3.8) is 0 Å². The molecule has 422 valence electrons. The van der Waals surface area contributed by atoms with E-state index >= 15 is 9.59 Å². The van der Waals surface area contributed by atoms with E-state index in [1.54, 1.807) is 19.1 Å². The fourth-order valence-electron chi connectivity index (χ4n) is 16.6. The van der Waals surface area contributed by atoms with Crippen LogP contribution in [0.1, 0.15) is 184 Å². The van der Waals surface area contributed by atoms with Gasteiger partial charge in [-0.3, -0.25) is 4.79 Å². The van der Waals surface area contributed by atoms with Crippen molar-refractivity contribution in [1.29, 1.82) is 0 Å². The molecule has 1 aromatic heterocycles. The quantitative estimate of drug-likeness (QED) is 0.0342. The van der Waals surface area contributed by atoms with Crippen LogP contribution in [0.4, 0.5) is 0 Å². The Balaban J connectivity index is 0.987. The number of aryl methyl sites for hydroxylation is 2. The van der Waals surface area contributed by atoms with Gasteiger partial charge in [0.25, 0.3) is 0 Å². The Morgan fingerprint density at radius 2 is 1.65 bits per heavy atom. The predicted octanol–water partition coefficient (Wildman–Crippen LogP) is 11.5. The van der Waals surface area contributed by atoms with Crippen molar-refractivity contribution < 1.29 is 53.4 Å². The van der Waals surface area contributed by atoms with Crippen molar-refractivity contribution in [2.45, 2.75) is 170 Å². The minimum absolute atomic E-state index is 0.0252. The lowest BCUT2D eigenvalue weighted by Gasteiger charge is -2.54. The van der Waals surface area contributed by atoms with Crippen LogP contribution in [0.15, 0.2) is 117 Å². The molecule has 5 aromatic rings. The number of aliphatic hydroxyl groups is 4. The number of carbonyl (C=O) groups excluding carboxylic acids is 2. The molecular formula is C68H78O12. The highest BCUT2D eigenvalue weighted by Gasteiger charge is 2.61. The number of fused-ring (bicyclic) bond motifs is 16. The van der Waals surface area contributed by atoms with Gasteiger partial charge in [0.2, 0.25) is 0 Å². The second kappa shape index (κ2) is 23.2. The van der Waals surface area contributed by atoms with E-state index in [-0.39, 0.29) is 96.4 Å². The van der Waals surface area contributed by atoms with Gasteiger partial charge in [0, 0.05) is 53.2 Å². The highest BCUT2D eigenvalue weighted by atomic mass is 16.6. The van der Waals surface area contributed by atoms with E-state index in [0.29, 0.717) is 41.0 Å². The zero-order valence-corrected chi connectivity index (χ0v) is 46.3. The van der Waals surface area contributed by atoms with E-state index in [0.717, 1.165) is 68.9 Å². The van der Waals surface area contributed by atoms with Gasteiger partial charge in [-0.05, 0) is 170 Å². The molecule has 4 N–H and O–H groups in total. The standard InChI is InChI=1S/C68H78O12/c1-41(37-70)52-26-20-42-18-21-43(22-19-42)53-27-24-47(46-12-8-15-51(35-46)67-31-7-6-14-50(67)25-23-45-11-2-4-16-56(45)67)34-49(53)36-59(73)77-63-61-58(80-68(64(63)79-65(52)74)32-9-13-44-10-3-5-17-57(44)68)29-28-54-55(38-71)60(66(75)78-62(54)61)48(30-33-69)39-76-40-72/h2,4,8-9,11-13,15-16,18-19,21-22,28-29,35,44,47-50,53,57,63-64,69-72H,3,5-7,10,14,17,20,23-27,30-34,36-40H2,1H3. The molecule has 0 amide bonds. The van der Waals surface area contributed by atoms with Crippen molar-refractivity contribution in [1.82, 2.24) is 0 Å². The van der Waals surface area contributed by atoms with Gasteiger partial charge < -0.3 is 43.8 Å². The first kappa shape index (κ1) is 54.7. The number of allylic oxidation sites excluding steroid dienone is 1. The third-order valence-electron chi connectivity index (χ3n) is 20.5. The lowest BCUT2D eigenvalue weighted by atomic mass is 9.54. The first-order valence-corrected chi connectivity index (χ1v) is 29.9. The zero-order chi connectivity index (χ0) is 55.1. The summed E-state index contributed by atoms with van der Waals surface area (Å²) in [5, 5.41) is 41.9.